The summed E-state index contributed by atoms with van der Waals surface area (Å²) in [4.78, 5) is 0. The molecule has 0 amide bonds. The quantitative estimate of drug-likeness (QED) is 0.352. The van der Waals surface area contributed by atoms with Crippen LogP contribution in [0.1, 0.15) is 64.5 Å². The van der Waals surface area contributed by atoms with E-state index in [-0.39, 0.29) is 11.6 Å². The zero-order valence-electron chi connectivity index (χ0n) is 18.5. The molecule has 28 heavy (non-hydrogen) atoms. The van der Waals surface area contributed by atoms with Gasteiger partial charge in [0.25, 0.3) is 0 Å². The average Bonchev–Trinajstić information content (AvgIpc) is 2.70. The molecule has 2 unspecified atom stereocenters. The molecule has 0 bridgehead atoms. The summed E-state index contributed by atoms with van der Waals surface area (Å²) in [5.74, 6) is 0.535. The third kappa shape index (κ3) is 5.93. The van der Waals surface area contributed by atoms with Crippen molar-refractivity contribution in [3.8, 4) is 0 Å². The maximum absolute atomic E-state index is 3.81. The van der Waals surface area contributed by atoms with E-state index >= 15 is 0 Å². The van der Waals surface area contributed by atoms with Gasteiger partial charge >= 0.3 is 0 Å². The van der Waals surface area contributed by atoms with E-state index in [1.807, 2.05) is 0 Å². The highest BCUT2D eigenvalue weighted by Crippen LogP contribution is 2.40. The Morgan fingerprint density at radius 1 is 0.786 bits per heavy atom. The first-order valence-electron chi connectivity index (χ1n) is 11.0. The average molecular weight is 381 g/mol. The maximum atomic E-state index is 3.81. The van der Waals surface area contributed by atoms with Crippen molar-refractivity contribution in [1.82, 2.24) is 10.6 Å². The molecule has 2 atom stereocenters. The van der Waals surface area contributed by atoms with Crippen LogP contribution >= 0.6 is 0 Å². The van der Waals surface area contributed by atoms with E-state index in [2.05, 4.69) is 106 Å². The molecule has 2 aromatic carbocycles. The summed E-state index contributed by atoms with van der Waals surface area (Å²) in [5.41, 5.74) is 2.98. The van der Waals surface area contributed by atoms with Crippen molar-refractivity contribution < 1.29 is 0 Å². The second-order valence-corrected chi connectivity index (χ2v) is 8.65. The molecule has 0 radical (unpaired) electrons. The van der Waals surface area contributed by atoms with E-state index in [1.54, 1.807) is 0 Å². The lowest BCUT2D eigenvalue weighted by Crippen LogP contribution is -2.59. The second kappa shape index (κ2) is 11.4. The lowest BCUT2D eigenvalue weighted by atomic mass is 9.66. The topological polar surface area (TPSA) is 24.1 Å². The van der Waals surface area contributed by atoms with Crippen molar-refractivity contribution in [3.63, 3.8) is 0 Å². The predicted octanol–water partition coefficient (Wildman–Crippen LogP) is 5.93. The van der Waals surface area contributed by atoms with E-state index in [4.69, 9.17) is 0 Å². The summed E-state index contributed by atoms with van der Waals surface area (Å²) < 4.78 is 0. The van der Waals surface area contributed by atoms with E-state index in [0.717, 1.165) is 0 Å². The number of nitrogens with one attached hydrogen (secondary N) is 2. The highest BCUT2D eigenvalue weighted by molar-refractivity contribution is 5.29. The first-order valence-corrected chi connectivity index (χ1v) is 11.0. The minimum absolute atomic E-state index is 0.0764. The predicted molar refractivity (Wildman–Crippen MR) is 123 cm³/mol. The number of unbranched alkanes of at least 4 members (excludes halogenated alkanes) is 2. The number of rotatable bonds is 12. The van der Waals surface area contributed by atoms with Crippen LogP contribution in [0.2, 0.25) is 0 Å². The molecule has 0 saturated carbocycles. The van der Waals surface area contributed by atoms with Crippen LogP contribution in [-0.2, 0) is 11.8 Å². The van der Waals surface area contributed by atoms with Crippen LogP contribution in [0.3, 0.4) is 0 Å². The fourth-order valence-corrected chi connectivity index (χ4v) is 4.55. The van der Waals surface area contributed by atoms with Gasteiger partial charge in [-0.25, -0.2) is 0 Å². The molecule has 2 aromatic rings. The summed E-state index contributed by atoms with van der Waals surface area (Å²) in [7, 11) is 2.09. The van der Waals surface area contributed by atoms with Crippen molar-refractivity contribution in [3.05, 3.63) is 71.8 Å². The summed E-state index contributed by atoms with van der Waals surface area (Å²) in [6, 6.07) is 22.4. The molecule has 2 heteroatoms. The Hall–Kier alpha value is -1.64. The molecule has 2 rings (SSSR count). The van der Waals surface area contributed by atoms with Gasteiger partial charge in [0.1, 0.15) is 0 Å². The van der Waals surface area contributed by atoms with E-state index in [1.165, 1.54) is 43.2 Å². The Labute approximate surface area is 173 Å². The van der Waals surface area contributed by atoms with Crippen LogP contribution in [0.15, 0.2) is 60.7 Å². The zero-order chi connectivity index (χ0) is 20.4. The first kappa shape index (κ1) is 22.6. The first-order chi connectivity index (χ1) is 13.5. The lowest BCUT2D eigenvalue weighted by molar-refractivity contribution is 0.164. The summed E-state index contributed by atoms with van der Waals surface area (Å²) in [6.45, 7) is 9.23. The number of hydrogen-bond acceptors (Lipinski definition) is 2. The smallest absolute Gasteiger partial charge is 0.0673 e. The van der Waals surface area contributed by atoms with Gasteiger partial charge in [0, 0.05) is 11.5 Å². The third-order valence-corrected chi connectivity index (χ3v) is 6.04. The van der Waals surface area contributed by atoms with Gasteiger partial charge in [0.15, 0.2) is 0 Å². The van der Waals surface area contributed by atoms with Gasteiger partial charge in [0.2, 0.25) is 0 Å². The van der Waals surface area contributed by atoms with Crippen LogP contribution in [0.5, 0.6) is 0 Å². The van der Waals surface area contributed by atoms with Gasteiger partial charge < -0.3 is 5.32 Å². The highest BCUT2D eigenvalue weighted by Gasteiger charge is 2.42. The molecule has 2 N–H and O–H groups in total. The van der Waals surface area contributed by atoms with Crippen LogP contribution < -0.4 is 10.6 Å². The van der Waals surface area contributed by atoms with Crippen molar-refractivity contribution in [2.24, 2.45) is 5.92 Å². The van der Waals surface area contributed by atoms with Gasteiger partial charge in [-0.1, -0.05) is 87.4 Å². The van der Waals surface area contributed by atoms with Gasteiger partial charge in [-0.15, -0.1) is 0 Å². The molecular formula is C26H40N2. The molecule has 0 aliphatic carbocycles. The third-order valence-electron chi connectivity index (χ3n) is 6.04. The largest absolute Gasteiger partial charge is 0.304 e. The fraction of sp³-hybridized carbons (Fsp3) is 0.538. The monoisotopic (exact) mass is 380 g/mol. The van der Waals surface area contributed by atoms with Crippen molar-refractivity contribution >= 4 is 0 Å². The molecule has 0 aromatic heterocycles. The molecule has 0 spiro atoms. The van der Waals surface area contributed by atoms with E-state index in [0.29, 0.717) is 12.0 Å². The minimum Gasteiger partial charge on any atom is -0.304 e. The van der Waals surface area contributed by atoms with Crippen molar-refractivity contribution in [2.75, 3.05) is 7.05 Å². The van der Waals surface area contributed by atoms with Crippen LogP contribution in [0.4, 0.5) is 0 Å². The van der Waals surface area contributed by atoms with Crippen LogP contribution in [-0.4, -0.2) is 19.3 Å². The Morgan fingerprint density at radius 2 is 1.39 bits per heavy atom. The molecule has 0 saturated heterocycles. The van der Waals surface area contributed by atoms with Crippen LogP contribution in [0.25, 0.3) is 0 Å². The highest BCUT2D eigenvalue weighted by atomic mass is 15.1. The Morgan fingerprint density at radius 3 is 1.93 bits per heavy atom. The van der Waals surface area contributed by atoms with Crippen LogP contribution in [0, 0.1) is 5.92 Å². The normalized spacial score (nSPS) is 15.0. The van der Waals surface area contributed by atoms with Crippen molar-refractivity contribution in [2.45, 2.75) is 77.4 Å². The van der Waals surface area contributed by atoms with Gasteiger partial charge in [0.05, 0.1) is 6.17 Å². The molecular weight excluding hydrogens is 340 g/mol. The number of aryl methyl sites for hydroxylation is 1. The summed E-state index contributed by atoms with van der Waals surface area (Å²) >= 11 is 0. The SMILES string of the molecule is CNC(NC(C)C)C(CCCCCc1ccccc1)(c1ccccc1)C(C)C. The molecule has 0 heterocycles. The number of likely N-dealkylation sites (N-methyl/N-ethyl adjacent to an activating group) is 1. The standard InChI is InChI=1S/C26H40N2/c1-21(2)26(24-18-12-7-13-19-24,25(27-5)28-22(3)4)20-14-8-11-17-23-15-9-6-10-16-23/h6-7,9-10,12-13,15-16,18-19,21-22,25,27-28H,8,11,14,17,20H2,1-5H3. The van der Waals surface area contributed by atoms with Gasteiger partial charge in [-0.05, 0) is 57.2 Å². The number of benzene rings is 2. The molecule has 0 aliphatic rings. The second-order valence-electron chi connectivity index (χ2n) is 8.65. The summed E-state index contributed by atoms with van der Waals surface area (Å²) in [5, 5.41) is 7.42. The maximum Gasteiger partial charge on any atom is 0.0673 e. The lowest BCUT2D eigenvalue weighted by Gasteiger charge is -2.46. The Bertz CT molecular complexity index is 651. The Balaban J connectivity index is 2.12. The van der Waals surface area contributed by atoms with Gasteiger partial charge in [-0.3, -0.25) is 5.32 Å². The number of hydrogen-bond donors (Lipinski definition) is 2. The molecule has 154 valence electrons. The molecule has 0 fully saturated rings. The zero-order valence-corrected chi connectivity index (χ0v) is 18.5. The van der Waals surface area contributed by atoms with E-state index in [9.17, 15) is 0 Å². The minimum atomic E-state index is 0.0764. The van der Waals surface area contributed by atoms with Crippen molar-refractivity contribution in [1.29, 1.82) is 0 Å². The fourth-order valence-electron chi connectivity index (χ4n) is 4.55. The Kier molecular flexibility index (Phi) is 9.21. The summed E-state index contributed by atoms with van der Waals surface area (Å²) in [6.07, 6.45) is 6.40. The van der Waals surface area contributed by atoms with E-state index < -0.39 is 0 Å². The molecule has 0 aliphatic heterocycles. The molecule has 2 nitrogen and oxygen atoms in total. The van der Waals surface area contributed by atoms with Gasteiger partial charge in [-0.2, -0.15) is 0 Å².